The van der Waals surface area contributed by atoms with Crippen molar-refractivity contribution < 1.29 is 53.8 Å². The maximum absolute atomic E-state index is 14.7. The van der Waals surface area contributed by atoms with Crippen molar-refractivity contribution in [3.63, 3.8) is 0 Å². The molecule has 5 N–H and O–H groups in total. The Hall–Kier alpha value is -4.83. The number of rotatable bonds is 4. The molecule has 4 aliphatic rings. The van der Waals surface area contributed by atoms with Crippen LogP contribution < -0.4 is 20.8 Å². The number of hydrogen-bond acceptors (Lipinski definition) is 14. The number of aliphatic hydroxyl groups excluding tert-OH is 2. The maximum Gasteiger partial charge on any atom is 0.312 e. The first kappa shape index (κ1) is 45.7. The van der Waals surface area contributed by atoms with Gasteiger partial charge >= 0.3 is 11.8 Å². The lowest BCUT2D eigenvalue weighted by molar-refractivity contribution is -0.160. The first-order valence-corrected chi connectivity index (χ1v) is 21.2. The number of allylic oxidation sites excluding steroid dienone is 2. The lowest BCUT2D eigenvalue weighted by atomic mass is 9.78. The monoisotopic (exact) mass is 846 g/mol. The summed E-state index contributed by atoms with van der Waals surface area (Å²) in [6.45, 7) is 19.6. The predicted molar refractivity (Wildman–Crippen MR) is 228 cm³/mol. The number of esters is 1. The molecule has 1 saturated heterocycles. The third-order valence-corrected chi connectivity index (χ3v) is 12.9. The molecular weight excluding hydrogens is 785 g/mol. The highest BCUT2D eigenvalue weighted by atomic mass is 16.7. The summed E-state index contributed by atoms with van der Waals surface area (Å²) in [4.78, 5) is 52.9. The average molecular weight is 847 g/mol. The highest BCUT2D eigenvalue weighted by Gasteiger charge is 2.51. The van der Waals surface area contributed by atoms with Crippen LogP contribution in [0.5, 0.6) is 17.2 Å². The average Bonchev–Trinajstić information content (AvgIpc) is 3.71. The molecule has 4 aliphatic heterocycles. The second kappa shape index (κ2) is 17.5. The van der Waals surface area contributed by atoms with Crippen LogP contribution in [0.3, 0.4) is 0 Å². The van der Waals surface area contributed by atoms with Gasteiger partial charge < -0.3 is 49.6 Å². The largest absolute Gasteiger partial charge is 0.507 e. The molecule has 9 atom stereocenters. The van der Waals surface area contributed by atoms with E-state index in [9.17, 15) is 34.8 Å². The zero-order valence-corrected chi connectivity index (χ0v) is 37.1. The summed E-state index contributed by atoms with van der Waals surface area (Å²) in [5.74, 6) is -6.57. The molecule has 15 nitrogen and oxygen atoms in total. The zero-order chi connectivity index (χ0) is 44.9. The van der Waals surface area contributed by atoms with E-state index < -0.39 is 82.9 Å². The number of ketones is 1. The van der Waals surface area contributed by atoms with Crippen molar-refractivity contribution in [1.82, 2.24) is 4.90 Å². The molecule has 0 unspecified atom stereocenters. The molecule has 61 heavy (non-hydrogen) atoms. The van der Waals surface area contributed by atoms with Gasteiger partial charge in [0.1, 0.15) is 34.0 Å². The van der Waals surface area contributed by atoms with Crippen molar-refractivity contribution in [2.24, 2.45) is 39.6 Å². The normalized spacial score (nSPS) is 32.7. The van der Waals surface area contributed by atoms with Gasteiger partial charge in [-0.25, -0.2) is 4.99 Å². The number of benzene rings is 2. The van der Waals surface area contributed by atoms with E-state index in [0.717, 1.165) is 19.6 Å². The summed E-state index contributed by atoms with van der Waals surface area (Å²) in [6.07, 6.45) is 5.07. The molecule has 15 heteroatoms. The van der Waals surface area contributed by atoms with Crippen LogP contribution >= 0.6 is 0 Å². The standard InChI is InChI=1S/C46H62N4O11/c1-22(2)21-50-18-16-46(17-19-50)48-34-31-32-39(54)28(8)42-33(31)43(56)45(10,61-42)59-20-15-30(58-11)25(5)41(60-29(9)51)27(7)38(53)26(6)37(52)23(3)13-12-14-24(4)44(57)47-36(40(32)55)35(34)49-46/h12-15,20,22-23,25-27,30,37-38,41,48,52-55H,16-19,21H2,1-11H3/b13-12-,20-15-,24-14-,47-36?/t23-,25+,26-,27-,30+,37-,38-,41+,45-/m0/s1. The summed E-state index contributed by atoms with van der Waals surface area (Å²) in [5.41, 5.74) is -0.111. The molecule has 4 bridgehead atoms. The van der Waals surface area contributed by atoms with Crippen LogP contribution in [0.2, 0.25) is 0 Å². The van der Waals surface area contributed by atoms with E-state index in [1.807, 2.05) is 0 Å². The van der Waals surface area contributed by atoms with Crippen molar-refractivity contribution in [3.05, 3.63) is 58.0 Å². The molecule has 1 amide bonds. The molecule has 4 heterocycles. The number of amides is 1. The van der Waals surface area contributed by atoms with Gasteiger partial charge in [0.05, 0.1) is 41.2 Å². The number of nitrogens with one attached hydrogen (secondary N) is 1. The third-order valence-electron chi connectivity index (χ3n) is 12.9. The number of aliphatic hydroxyl groups is 2. The summed E-state index contributed by atoms with van der Waals surface area (Å²) < 4.78 is 24.0. The Morgan fingerprint density at radius 3 is 2.28 bits per heavy atom. The van der Waals surface area contributed by atoms with Gasteiger partial charge in [-0.05, 0) is 25.8 Å². The zero-order valence-electron chi connectivity index (χ0n) is 37.1. The third kappa shape index (κ3) is 8.54. The predicted octanol–water partition coefficient (Wildman–Crippen LogP) is 4.75. The van der Waals surface area contributed by atoms with Crippen molar-refractivity contribution >= 4 is 34.1 Å². The van der Waals surface area contributed by atoms with Crippen LogP contribution in [0, 0.1) is 36.5 Å². The van der Waals surface area contributed by atoms with Crippen LogP contribution in [0.15, 0.2) is 46.1 Å². The van der Waals surface area contributed by atoms with Gasteiger partial charge in [-0.2, -0.15) is 0 Å². The van der Waals surface area contributed by atoms with E-state index in [1.165, 1.54) is 27.2 Å². The van der Waals surface area contributed by atoms with Crippen LogP contribution in [0.4, 0.5) is 5.69 Å². The fourth-order valence-corrected chi connectivity index (χ4v) is 9.24. The summed E-state index contributed by atoms with van der Waals surface area (Å²) in [7, 11) is 1.47. The summed E-state index contributed by atoms with van der Waals surface area (Å²) in [6, 6.07) is 0. The Bertz CT molecular complexity index is 2300. The van der Waals surface area contributed by atoms with E-state index in [0.29, 0.717) is 24.4 Å². The molecule has 2 aromatic carbocycles. The number of hydrogen-bond donors (Lipinski definition) is 5. The minimum absolute atomic E-state index is 0.0538. The highest BCUT2D eigenvalue weighted by Crippen LogP contribution is 2.51. The van der Waals surface area contributed by atoms with Gasteiger partial charge in [0.25, 0.3) is 11.7 Å². The minimum Gasteiger partial charge on any atom is -0.507 e. The number of aromatic hydroxyl groups is 2. The number of carbonyl (C=O) groups is 3. The Kier molecular flexibility index (Phi) is 13.1. The molecule has 1 fully saturated rings. The lowest BCUT2D eigenvalue weighted by Gasteiger charge is -2.38. The minimum atomic E-state index is -1.95. The van der Waals surface area contributed by atoms with Gasteiger partial charge in [0.2, 0.25) is 0 Å². The van der Waals surface area contributed by atoms with Gasteiger partial charge in [-0.15, -0.1) is 0 Å². The number of ether oxygens (including phenoxy) is 4. The molecule has 0 saturated carbocycles. The van der Waals surface area contributed by atoms with Crippen molar-refractivity contribution in [2.45, 2.75) is 118 Å². The van der Waals surface area contributed by atoms with Crippen molar-refractivity contribution in [3.8, 4) is 17.2 Å². The number of Topliss-reactive ketones (excluding diaryl/α,β-unsaturated/α-hetero) is 1. The maximum atomic E-state index is 14.7. The number of fused-ring (bicyclic) bond motifs is 1. The fraction of sp³-hybridized carbons (Fsp3) is 0.587. The van der Waals surface area contributed by atoms with Crippen molar-refractivity contribution in [1.29, 1.82) is 0 Å². The molecule has 0 aliphatic carbocycles. The van der Waals surface area contributed by atoms with Gasteiger partial charge in [0.15, 0.2) is 5.75 Å². The second-order valence-corrected chi connectivity index (χ2v) is 18.0. The van der Waals surface area contributed by atoms with Crippen LogP contribution in [0.1, 0.15) is 91.1 Å². The first-order valence-electron chi connectivity index (χ1n) is 21.2. The first-order chi connectivity index (χ1) is 28.6. The number of nitrogens with zero attached hydrogens (tertiary/aromatic N) is 3. The molecule has 6 rings (SSSR count). The molecular formula is C46H62N4O11. The van der Waals surface area contributed by atoms with E-state index in [4.69, 9.17) is 23.9 Å². The van der Waals surface area contributed by atoms with Gasteiger partial charge in [0, 0.05) is 93.6 Å². The van der Waals surface area contributed by atoms with Gasteiger partial charge in [-0.3, -0.25) is 19.4 Å². The molecule has 0 radical (unpaired) electrons. The number of piperidine rings is 1. The SMILES string of the molecule is CO[C@@H]1/C=C\O[C@@]2(C)Oc3c(C)c(O)c4c(O)c(c5c(c4c3C2=O)NC2(CCN(CC(C)C)CC2)N=5)=NC(=O)/C(C)=C\C=C/[C@H](C)[C@H](O)[C@H](C)[C@H](O)[C@H](C)[C@H](OC(C)=O)[C@@H]1C. The number of carbonyl (C=O) groups excluding carboxylic acids is 3. The summed E-state index contributed by atoms with van der Waals surface area (Å²) in [5, 5.41) is 50.5. The lowest BCUT2D eigenvalue weighted by Crippen LogP contribution is -2.47. The quantitative estimate of drug-likeness (QED) is 0.208. The molecule has 332 valence electrons. The summed E-state index contributed by atoms with van der Waals surface area (Å²) >= 11 is 0. The number of anilines is 1. The molecule has 1 spiro atoms. The van der Waals surface area contributed by atoms with E-state index in [-0.39, 0.29) is 49.7 Å². The van der Waals surface area contributed by atoms with Crippen LogP contribution in [0.25, 0.3) is 10.8 Å². The highest BCUT2D eigenvalue weighted by molar-refractivity contribution is 6.21. The van der Waals surface area contributed by atoms with Gasteiger partial charge in [-0.1, -0.05) is 59.8 Å². The Morgan fingerprint density at radius 2 is 1.66 bits per heavy atom. The molecule has 0 aromatic heterocycles. The molecule has 2 aromatic rings. The Balaban J connectivity index is 1.55. The Labute approximate surface area is 356 Å². The van der Waals surface area contributed by atoms with Crippen molar-refractivity contribution in [2.75, 3.05) is 32.1 Å². The van der Waals surface area contributed by atoms with E-state index in [1.54, 1.807) is 65.8 Å². The second-order valence-electron chi connectivity index (χ2n) is 18.0. The van der Waals surface area contributed by atoms with Crippen LogP contribution in [-0.4, -0.2) is 106 Å². The number of likely N-dealkylation sites (tertiary alicyclic amines) is 1. The topological polar surface area (TPSA) is 209 Å². The Morgan fingerprint density at radius 1 is 0.984 bits per heavy atom. The van der Waals surface area contributed by atoms with Crippen LogP contribution in [-0.2, 0) is 23.8 Å². The number of phenols is 2. The smallest absolute Gasteiger partial charge is 0.312 e. The van der Waals surface area contributed by atoms with E-state index >= 15 is 0 Å². The number of methoxy groups -OCH3 is 1. The fourth-order valence-electron chi connectivity index (χ4n) is 9.24. The van der Waals surface area contributed by atoms with E-state index in [2.05, 4.69) is 29.1 Å². The number of phenolic OH excluding ortho intramolecular Hbond substituents is 2.